The minimum absolute atomic E-state index is 0.0697. The minimum atomic E-state index is -0.143. The summed E-state index contributed by atoms with van der Waals surface area (Å²) in [4.78, 5) is 12.0. The van der Waals surface area contributed by atoms with Crippen molar-refractivity contribution < 1.29 is 4.79 Å². The van der Waals surface area contributed by atoms with Crippen LogP contribution >= 0.6 is 23.2 Å². The highest BCUT2D eigenvalue weighted by Gasteiger charge is 2.21. The van der Waals surface area contributed by atoms with Gasteiger partial charge in [0.1, 0.15) is 0 Å². The summed E-state index contributed by atoms with van der Waals surface area (Å²) in [6, 6.07) is 5.02. The number of amides is 1. The number of hydrogen-bond donors (Lipinski definition) is 2. The van der Waals surface area contributed by atoms with Gasteiger partial charge in [-0.3, -0.25) is 4.79 Å². The topological polar surface area (TPSA) is 41.1 Å². The fourth-order valence-corrected chi connectivity index (χ4v) is 2.40. The van der Waals surface area contributed by atoms with Crippen LogP contribution in [0.4, 0.5) is 5.69 Å². The third-order valence-corrected chi connectivity index (χ3v) is 3.47. The van der Waals surface area contributed by atoms with Crippen LogP contribution in [-0.4, -0.2) is 18.5 Å². The van der Waals surface area contributed by atoms with E-state index in [2.05, 4.69) is 10.6 Å². The van der Waals surface area contributed by atoms with Gasteiger partial charge in [0.25, 0.3) is 0 Å². The minimum Gasteiger partial charge on any atom is -0.322 e. The van der Waals surface area contributed by atoms with E-state index >= 15 is 0 Å². The van der Waals surface area contributed by atoms with Gasteiger partial charge >= 0.3 is 0 Å². The van der Waals surface area contributed by atoms with E-state index in [4.69, 9.17) is 23.2 Å². The molecule has 17 heavy (non-hydrogen) atoms. The van der Waals surface area contributed by atoms with Crippen molar-refractivity contribution in [1.82, 2.24) is 5.32 Å². The van der Waals surface area contributed by atoms with Crippen molar-refractivity contribution in [3.63, 3.8) is 0 Å². The SMILES string of the molecule is O=C(Nc1c(Cl)cccc1Cl)[C@@H]1CCCCN1. The summed E-state index contributed by atoms with van der Waals surface area (Å²) >= 11 is 12.0. The predicted octanol–water partition coefficient (Wildman–Crippen LogP) is 3.07. The zero-order valence-corrected chi connectivity index (χ0v) is 10.8. The van der Waals surface area contributed by atoms with Crippen molar-refractivity contribution in [3.05, 3.63) is 28.2 Å². The summed E-state index contributed by atoms with van der Waals surface area (Å²) in [5.74, 6) is -0.0697. The van der Waals surface area contributed by atoms with E-state index in [9.17, 15) is 4.79 Å². The highest BCUT2D eigenvalue weighted by molar-refractivity contribution is 6.39. The second-order valence-corrected chi connectivity index (χ2v) is 4.90. The molecule has 1 heterocycles. The number of halogens is 2. The largest absolute Gasteiger partial charge is 0.322 e. The molecule has 1 aromatic carbocycles. The lowest BCUT2D eigenvalue weighted by atomic mass is 10.0. The molecule has 1 aromatic rings. The third-order valence-electron chi connectivity index (χ3n) is 2.84. The van der Waals surface area contributed by atoms with Crippen molar-refractivity contribution in [2.24, 2.45) is 0 Å². The van der Waals surface area contributed by atoms with Gasteiger partial charge in [0, 0.05) is 0 Å². The molecule has 0 saturated carbocycles. The van der Waals surface area contributed by atoms with Gasteiger partial charge in [-0.1, -0.05) is 35.7 Å². The van der Waals surface area contributed by atoms with E-state index in [1.165, 1.54) is 0 Å². The van der Waals surface area contributed by atoms with Crippen molar-refractivity contribution in [2.45, 2.75) is 25.3 Å². The number of anilines is 1. The number of nitrogens with one attached hydrogen (secondary N) is 2. The van der Waals surface area contributed by atoms with E-state index in [0.29, 0.717) is 15.7 Å². The molecule has 0 unspecified atom stereocenters. The first-order chi connectivity index (χ1) is 8.18. The molecule has 92 valence electrons. The summed E-state index contributed by atoms with van der Waals surface area (Å²) in [5.41, 5.74) is 0.494. The zero-order valence-electron chi connectivity index (χ0n) is 9.30. The lowest BCUT2D eigenvalue weighted by Crippen LogP contribution is -2.43. The molecule has 1 aliphatic heterocycles. The Labute approximate surface area is 110 Å². The van der Waals surface area contributed by atoms with Crippen LogP contribution in [0.25, 0.3) is 0 Å². The zero-order chi connectivity index (χ0) is 12.3. The number of carbonyl (C=O) groups excluding carboxylic acids is 1. The quantitative estimate of drug-likeness (QED) is 0.869. The molecule has 0 aromatic heterocycles. The number of hydrogen-bond acceptors (Lipinski definition) is 2. The first-order valence-electron chi connectivity index (χ1n) is 5.67. The van der Waals surface area contributed by atoms with Gasteiger partial charge in [-0.15, -0.1) is 0 Å². The first kappa shape index (κ1) is 12.7. The average Bonchev–Trinajstić information content (AvgIpc) is 2.35. The number of benzene rings is 1. The molecule has 0 spiro atoms. The van der Waals surface area contributed by atoms with Gasteiger partial charge in [-0.25, -0.2) is 0 Å². The lowest BCUT2D eigenvalue weighted by Gasteiger charge is -2.23. The Kier molecular flexibility index (Phi) is 4.26. The fraction of sp³-hybridized carbons (Fsp3) is 0.417. The Morgan fingerprint density at radius 1 is 1.29 bits per heavy atom. The van der Waals surface area contributed by atoms with Crippen LogP contribution in [-0.2, 0) is 4.79 Å². The molecule has 0 bridgehead atoms. The van der Waals surface area contributed by atoms with Crippen LogP contribution in [0.5, 0.6) is 0 Å². The van der Waals surface area contributed by atoms with Gasteiger partial charge in [0.2, 0.25) is 5.91 Å². The van der Waals surface area contributed by atoms with E-state index in [1.807, 2.05) is 0 Å². The van der Waals surface area contributed by atoms with E-state index in [0.717, 1.165) is 25.8 Å². The molecular formula is C12H14Cl2N2O. The second-order valence-electron chi connectivity index (χ2n) is 4.09. The van der Waals surface area contributed by atoms with Gasteiger partial charge in [-0.05, 0) is 31.5 Å². The van der Waals surface area contributed by atoms with Crippen LogP contribution in [0.2, 0.25) is 10.0 Å². The number of rotatable bonds is 2. The van der Waals surface area contributed by atoms with Crippen LogP contribution in [0, 0.1) is 0 Å². The number of piperidine rings is 1. The molecular weight excluding hydrogens is 259 g/mol. The first-order valence-corrected chi connectivity index (χ1v) is 6.42. The Balaban J connectivity index is 2.07. The van der Waals surface area contributed by atoms with Gasteiger partial charge in [0.15, 0.2) is 0 Å². The Morgan fingerprint density at radius 3 is 2.59 bits per heavy atom. The highest BCUT2D eigenvalue weighted by atomic mass is 35.5. The highest BCUT2D eigenvalue weighted by Crippen LogP contribution is 2.30. The lowest BCUT2D eigenvalue weighted by molar-refractivity contribution is -0.118. The van der Waals surface area contributed by atoms with Crippen LogP contribution in [0.3, 0.4) is 0 Å². The molecule has 0 radical (unpaired) electrons. The maximum Gasteiger partial charge on any atom is 0.241 e. The Hall–Kier alpha value is -0.770. The second kappa shape index (κ2) is 5.71. The van der Waals surface area contributed by atoms with Gasteiger partial charge in [-0.2, -0.15) is 0 Å². The van der Waals surface area contributed by atoms with E-state index < -0.39 is 0 Å². The summed E-state index contributed by atoms with van der Waals surface area (Å²) < 4.78 is 0. The van der Waals surface area contributed by atoms with Crippen molar-refractivity contribution in [2.75, 3.05) is 11.9 Å². The molecule has 0 aliphatic carbocycles. The standard InChI is InChI=1S/C12H14Cl2N2O/c13-8-4-3-5-9(14)11(8)16-12(17)10-6-1-2-7-15-10/h3-5,10,15H,1-2,6-7H2,(H,16,17)/t10-/m0/s1. The number of para-hydroxylation sites is 1. The van der Waals surface area contributed by atoms with Crippen LogP contribution in [0.1, 0.15) is 19.3 Å². The fourth-order valence-electron chi connectivity index (χ4n) is 1.90. The molecule has 1 saturated heterocycles. The van der Waals surface area contributed by atoms with E-state index in [1.54, 1.807) is 18.2 Å². The van der Waals surface area contributed by atoms with Crippen molar-refractivity contribution >= 4 is 34.8 Å². The molecule has 1 fully saturated rings. The maximum absolute atomic E-state index is 12.0. The third kappa shape index (κ3) is 3.12. The molecule has 2 N–H and O–H groups in total. The smallest absolute Gasteiger partial charge is 0.241 e. The van der Waals surface area contributed by atoms with Crippen molar-refractivity contribution in [3.8, 4) is 0 Å². The monoisotopic (exact) mass is 272 g/mol. The Bertz CT molecular complexity index is 397. The molecule has 1 amide bonds. The van der Waals surface area contributed by atoms with Crippen LogP contribution < -0.4 is 10.6 Å². The molecule has 3 nitrogen and oxygen atoms in total. The molecule has 1 atom stereocenters. The molecule has 5 heteroatoms. The Morgan fingerprint density at radius 2 is 2.00 bits per heavy atom. The summed E-state index contributed by atoms with van der Waals surface area (Å²) in [5, 5.41) is 6.88. The molecule has 1 aliphatic rings. The van der Waals surface area contributed by atoms with Gasteiger partial charge < -0.3 is 10.6 Å². The normalized spacial score (nSPS) is 20.0. The molecule has 2 rings (SSSR count). The van der Waals surface area contributed by atoms with Gasteiger partial charge in [0.05, 0.1) is 21.8 Å². The summed E-state index contributed by atoms with van der Waals surface area (Å²) in [6.45, 7) is 0.883. The maximum atomic E-state index is 12.0. The number of carbonyl (C=O) groups is 1. The van der Waals surface area contributed by atoms with E-state index in [-0.39, 0.29) is 11.9 Å². The summed E-state index contributed by atoms with van der Waals surface area (Å²) in [7, 11) is 0. The predicted molar refractivity (Wildman–Crippen MR) is 70.7 cm³/mol. The average molecular weight is 273 g/mol. The van der Waals surface area contributed by atoms with Crippen molar-refractivity contribution in [1.29, 1.82) is 0 Å². The van der Waals surface area contributed by atoms with Crippen LogP contribution in [0.15, 0.2) is 18.2 Å². The summed E-state index contributed by atoms with van der Waals surface area (Å²) in [6.07, 6.45) is 3.05.